The third-order valence-corrected chi connectivity index (χ3v) is 6.07. The molecule has 1 saturated heterocycles. The quantitative estimate of drug-likeness (QED) is 0.656. The average molecular weight is 408 g/mol. The average Bonchev–Trinajstić information content (AvgIpc) is 3.22. The zero-order valence-corrected chi connectivity index (χ0v) is 17.4. The molecule has 0 aromatic carbocycles. The number of amides is 2. The van der Waals surface area contributed by atoms with Crippen molar-refractivity contribution < 1.29 is 19.1 Å². The molecule has 9 heteroatoms. The van der Waals surface area contributed by atoms with Crippen LogP contribution in [0.5, 0.6) is 0 Å². The standard InChI is InChI=1S/C20H33N5O4/c1-3-25-13-22-24-18(25)6-9-21-19(26)15-4-5-16(17(12-15)28-2)23-20(27)14-7-10-29-11-8-14/h13-17H,3-12H2,1-2H3,(H,21,26)(H,23,27)/t15-,16-,17-/m0/s1. The number of aromatic nitrogens is 3. The highest BCUT2D eigenvalue weighted by Crippen LogP contribution is 2.27. The Balaban J connectivity index is 1.44. The highest BCUT2D eigenvalue weighted by Gasteiger charge is 2.36. The Hall–Kier alpha value is -2.00. The normalized spacial score (nSPS) is 25.5. The second kappa shape index (κ2) is 10.7. The zero-order valence-electron chi connectivity index (χ0n) is 17.4. The molecule has 2 aliphatic rings. The van der Waals surface area contributed by atoms with Crippen molar-refractivity contribution in [1.29, 1.82) is 0 Å². The van der Waals surface area contributed by atoms with Crippen LogP contribution in [0.1, 0.15) is 44.9 Å². The van der Waals surface area contributed by atoms with Crippen LogP contribution in [0.15, 0.2) is 6.33 Å². The fraction of sp³-hybridized carbons (Fsp3) is 0.800. The van der Waals surface area contributed by atoms with Crippen LogP contribution in [0.25, 0.3) is 0 Å². The maximum atomic E-state index is 12.6. The molecule has 1 aromatic heterocycles. The molecule has 0 spiro atoms. The van der Waals surface area contributed by atoms with E-state index in [1.165, 1.54) is 0 Å². The predicted molar refractivity (Wildman–Crippen MR) is 106 cm³/mol. The van der Waals surface area contributed by atoms with Crippen molar-refractivity contribution in [3.05, 3.63) is 12.2 Å². The van der Waals surface area contributed by atoms with Crippen LogP contribution in [-0.4, -0.2) is 65.6 Å². The molecule has 2 heterocycles. The van der Waals surface area contributed by atoms with Crippen molar-refractivity contribution in [2.24, 2.45) is 11.8 Å². The molecule has 1 aromatic rings. The molecule has 2 fully saturated rings. The first-order chi connectivity index (χ1) is 14.1. The van der Waals surface area contributed by atoms with E-state index in [0.717, 1.165) is 38.1 Å². The molecule has 0 radical (unpaired) electrons. The van der Waals surface area contributed by atoms with Crippen LogP contribution >= 0.6 is 0 Å². The maximum Gasteiger partial charge on any atom is 0.223 e. The van der Waals surface area contributed by atoms with Gasteiger partial charge in [-0.15, -0.1) is 10.2 Å². The summed E-state index contributed by atoms with van der Waals surface area (Å²) in [6.45, 7) is 4.68. The molecule has 0 bridgehead atoms. The number of aryl methyl sites for hydroxylation is 1. The van der Waals surface area contributed by atoms with E-state index < -0.39 is 0 Å². The molecule has 1 aliphatic carbocycles. The van der Waals surface area contributed by atoms with Crippen LogP contribution in [0, 0.1) is 11.8 Å². The van der Waals surface area contributed by atoms with Gasteiger partial charge in [0.05, 0.1) is 12.1 Å². The van der Waals surface area contributed by atoms with Gasteiger partial charge in [-0.05, 0) is 39.0 Å². The van der Waals surface area contributed by atoms with Gasteiger partial charge in [0.1, 0.15) is 12.2 Å². The zero-order chi connectivity index (χ0) is 20.6. The van der Waals surface area contributed by atoms with Crippen LogP contribution in [0.2, 0.25) is 0 Å². The van der Waals surface area contributed by atoms with Crippen LogP contribution in [-0.2, 0) is 32.0 Å². The number of ether oxygens (including phenoxy) is 2. The second-order valence-electron chi connectivity index (χ2n) is 7.86. The van der Waals surface area contributed by atoms with E-state index in [1.54, 1.807) is 13.4 Å². The number of methoxy groups -OCH3 is 1. The molecule has 3 rings (SSSR count). The minimum Gasteiger partial charge on any atom is -0.381 e. The number of nitrogens with zero attached hydrogens (tertiary/aromatic N) is 3. The molecule has 2 N–H and O–H groups in total. The summed E-state index contributed by atoms with van der Waals surface area (Å²) in [5, 5.41) is 14.2. The van der Waals surface area contributed by atoms with E-state index in [4.69, 9.17) is 9.47 Å². The summed E-state index contributed by atoms with van der Waals surface area (Å²) in [4.78, 5) is 25.1. The smallest absolute Gasteiger partial charge is 0.223 e. The number of carbonyl (C=O) groups is 2. The molecule has 162 valence electrons. The van der Waals surface area contributed by atoms with Crippen molar-refractivity contribution in [2.45, 2.75) is 64.1 Å². The van der Waals surface area contributed by atoms with Gasteiger partial charge in [-0.1, -0.05) is 0 Å². The summed E-state index contributed by atoms with van der Waals surface area (Å²) in [6, 6.07) is -0.0394. The summed E-state index contributed by atoms with van der Waals surface area (Å²) in [7, 11) is 1.65. The first kappa shape index (κ1) is 21.7. The number of nitrogens with one attached hydrogen (secondary N) is 2. The summed E-state index contributed by atoms with van der Waals surface area (Å²) in [5.74, 6) is 0.932. The largest absolute Gasteiger partial charge is 0.381 e. The van der Waals surface area contributed by atoms with Gasteiger partial charge in [-0.2, -0.15) is 0 Å². The van der Waals surface area contributed by atoms with Crippen molar-refractivity contribution in [3.8, 4) is 0 Å². The summed E-state index contributed by atoms with van der Waals surface area (Å²) in [5.41, 5.74) is 0. The van der Waals surface area contributed by atoms with Crippen molar-refractivity contribution >= 4 is 11.8 Å². The lowest BCUT2D eigenvalue weighted by Gasteiger charge is -2.36. The SMILES string of the molecule is CCn1cnnc1CCNC(=O)[C@H]1CC[C@H](NC(=O)C2CCOCC2)[C@@H](OC)C1. The molecule has 2 amide bonds. The van der Waals surface area contributed by atoms with E-state index in [0.29, 0.717) is 32.6 Å². The Bertz CT molecular complexity index is 674. The van der Waals surface area contributed by atoms with Gasteiger partial charge in [0.15, 0.2) is 0 Å². The van der Waals surface area contributed by atoms with Gasteiger partial charge in [0.25, 0.3) is 0 Å². The lowest BCUT2D eigenvalue weighted by atomic mass is 9.82. The van der Waals surface area contributed by atoms with E-state index >= 15 is 0 Å². The molecule has 3 atom stereocenters. The Morgan fingerprint density at radius 2 is 2.00 bits per heavy atom. The van der Waals surface area contributed by atoms with E-state index in [9.17, 15) is 9.59 Å². The van der Waals surface area contributed by atoms with Gasteiger partial charge in [0.2, 0.25) is 11.8 Å². The van der Waals surface area contributed by atoms with Crippen LogP contribution in [0.4, 0.5) is 0 Å². The molecule has 9 nitrogen and oxygen atoms in total. The van der Waals surface area contributed by atoms with Gasteiger partial charge < -0.3 is 24.7 Å². The topological polar surface area (TPSA) is 107 Å². The lowest BCUT2D eigenvalue weighted by molar-refractivity contribution is -0.131. The lowest BCUT2D eigenvalue weighted by Crippen LogP contribution is -2.51. The highest BCUT2D eigenvalue weighted by molar-refractivity contribution is 5.80. The maximum absolute atomic E-state index is 12.6. The first-order valence-electron chi connectivity index (χ1n) is 10.7. The van der Waals surface area contributed by atoms with Crippen LogP contribution < -0.4 is 10.6 Å². The van der Waals surface area contributed by atoms with Crippen LogP contribution in [0.3, 0.4) is 0 Å². The van der Waals surface area contributed by atoms with Gasteiger partial charge >= 0.3 is 0 Å². The molecular formula is C20H33N5O4. The Morgan fingerprint density at radius 1 is 1.21 bits per heavy atom. The number of rotatable bonds is 8. The molecular weight excluding hydrogens is 374 g/mol. The van der Waals surface area contributed by atoms with Crippen molar-refractivity contribution in [3.63, 3.8) is 0 Å². The Kier molecular flexibility index (Phi) is 8.00. The summed E-state index contributed by atoms with van der Waals surface area (Å²) >= 11 is 0. The number of hydrogen-bond donors (Lipinski definition) is 2. The van der Waals surface area contributed by atoms with E-state index in [2.05, 4.69) is 20.8 Å². The first-order valence-corrected chi connectivity index (χ1v) is 10.7. The number of carbonyl (C=O) groups excluding carboxylic acids is 2. The predicted octanol–water partition coefficient (Wildman–Crippen LogP) is 0.683. The Morgan fingerprint density at radius 3 is 2.72 bits per heavy atom. The van der Waals surface area contributed by atoms with Gasteiger partial charge in [0, 0.05) is 51.7 Å². The monoisotopic (exact) mass is 407 g/mol. The molecule has 1 saturated carbocycles. The van der Waals surface area contributed by atoms with Crippen molar-refractivity contribution in [1.82, 2.24) is 25.4 Å². The minimum atomic E-state index is -0.147. The fourth-order valence-electron chi connectivity index (χ4n) is 4.23. The van der Waals surface area contributed by atoms with Crippen molar-refractivity contribution in [2.75, 3.05) is 26.9 Å². The summed E-state index contributed by atoms with van der Waals surface area (Å²) in [6.07, 6.45) is 5.86. The van der Waals surface area contributed by atoms with Gasteiger partial charge in [-0.3, -0.25) is 9.59 Å². The minimum absolute atomic E-state index is 0.0208. The molecule has 29 heavy (non-hydrogen) atoms. The second-order valence-corrected chi connectivity index (χ2v) is 7.86. The highest BCUT2D eigenvalue weighted by atomic mass is 16.5. The third kappa shape index (κ3) is 5.76. The number of hydrogen-bond acceptors (Lipinski definition) is 6. The molecule has 1 aliphatic heterocycles. The van der Waals surface area contributed by atoms with E-state index in [-0.39, 0.29) is 35.8 Å². The molecule has 0 unspecified atom stereocenters. The summed E-state index contributed by atoms with van der Waals surface area (Å²) < 4.78 is 12.9. The Labute approximate surface area is 171 Å². The fourth-order valence-corrected chi connectivity index (χ4v) is 4.23. The third-order valence-electron chi connectivity index (χ3n) is 6.07. The van der Waals surface area contributed by atoms with Gasteiger partial charge in [-0.25, -0.2) is 0 Å². The van der Waals surface area contributed by atoms with E-state index in [1.807, 2.05) is 11.5 Å².